The summed E-state index contributed by atoms with van der Waals surface area (Å²) in [4.78, 5) is 35.0. The monoisotopic (exact) mass is 409 g/mol. The van der Waals surface area contributed by atoms with Crippen LogP contribution < -0.4 is 10.6 Å². The number of carbonyl (C=O) groups is 2. The molecular weight excluding hydrogens is 386 g/mol. The molecule has 1 saturated heterocycles. The van der Waals surface area contributed by atoms with Crippen molar-refractivity contribution in [1.29, 1.82) is 0 Å². The van der Waals surface area contributed by atoms with Crippen molar-refractivity contribution >= 4 is 40.7 Å². The molecule has 2 heterocycles. The van der Waals surface area contributed by atoms with E-state index in [9.17, 15) is 9.59 Å². The van der Waals surface area contributed by atoms with Crippen LogP contribution in [0.4, 0.5) is 10.7 Å². The number of anilines is 1. The van der Waals surface area contributed by atoms with E-state index >= 15 is 0 Å². The van der Waals surface area contributed by atoms with E-state index in [0.717, 1.165) is 28.1 Å². The fourth-order valence-electron chi connectivity index (χ4n) is 3.28. The van der Waals surface area contributed by atoms with E-state index in [0.29, 0.717) is 25.5 Å². The van der Waals surface area contributed by atoms with Crippen LogP contribution in [0.3, 0.4) is 0 Å². The number of benzene rings is 2. The molecule has 7 nitrogen and oxygen atoms in total. The average Bonchev–Trinajstić information content (AvgIpc) is 3.17. The van der Waals surface area contributed by atoms with Crippen LogP contribution >= 0.6 is 11.8 Å². The van der Waals surface area contributed by atoms with Crippen LogP contribution in [0.1, 0.15) is 5.56 Å². The van der Waals surface area contributed by atoms with Gasteiger partial charge in [-0.2, -0.15) is 11.8 Å². The topological polar surface area (TPSA) is 90.1 Å². The number of rotatable bonds is 5. The minimum Gasteiger partial charge on any atom is -0.326 e. The van der Waals surface area contributed by atoms with Gasteiger partial charge in [0.15, 0.2) is 0 Å². The Morgan fingerprint density at radius 1 is 1.07 bits per heavy atom. The molecule has 1 unspecified atom stereocenters. The van der Waals surface area contributed by atoms with Gasteiger partial charge in [0.05, 0.1) is 11.0 Å². The number of carbonyl (C=O) groups excluding carboxylic acids is 2. The molecule has 0 spiro atoms. The molecule has 29 heavy (non-hydrogen) atoms. The smallest absolute Gasteiger partial charge is 0.318 e. The van der Waals surface area contributed by atoms with Crippen LogP contribution in [-0.4, -0.2) is 57.4 Å². The zero-order chi connectivity index (χ0) is 20.1. The normalized spacial score (nSPS) is 15.1. The molecule has 150 valence electrons. The van der Waals surface area contributed by atoms with E-state index in [1.54, 1.807) is 4.90 Å². The van der Waals surface area contributed by atoms with Gasteiger partial charge in [-0.1, -0.05) is 42.5 Å². The van der Waals surface area contributed by atoms with Gasteiger partial charge in [-0.15, -0.1) is 0 Å². The molecule has 0 bridgehead atoms. The molecule has 0 saturated carbocycles. The van der Waals surface area contributed by atoms with Crippen LogP contribution in [0.15, 0.2) is 54.6 Å². The minimum absolute atomic E-state index is 0.203. The highest BCUT2D eigenvalue weighted by atomic mass is 32.2. The third-order valence-electron chi connectivity index (χ3n) is 4.83. The zero-order valence-corrected chi connectivity index (χ0v) is 16.7. The maximum Gasteiger partial charge on any atom is 0.318 e. The van der Waals surface area contributed by atoms with Gasteiger partial charge in [0.25, 0.3) is 0 Å². The van der Waals surface area contributed by atoms with E-state index in [4.69, 9.17) is 0 Å². The second kappa shape index (κ2) is 9.00. The summed E-state index contributed by atoms with van der Waals surface area (Å²) >= 11 is 1.83. The average molecular weight is 410 g/mol. The molecular formula is C21H23N5O2S. The number of nitrogens with zero attached hydrogens (tertiary/aromatic N) is 2. The van der Waals surface area contributed by atoms with Crippen LogP contribution in [0.25, 0.3) is 11.0 Å². The van der Waals surface area contributed by atoms with E-state index in [1.807, 2.05) is 66.4 Å². The van der Waals surface area contributed by atoms with Crippen LogP contribution in [-0.2, 0) is 11.2 Å². The predicted octanol–water partition coefficient (Wildman–Crippen LogP) is 2.87. The first-order valence-electron chi connectivity index (χ1n) is 9.62. The molecule has 1 aromatic heterocycles. The van der Waals surface area contributed by atoms with E-state index < -0.39 is 6.04 Å². The molecule has 3 aromatic rings. The SMILES string of the molecule is O=C(Nc1nc2ccccc2[nH]1)C(Cc1ccccc1)NC(=O)N1CCSCC1. The Balaban J connectivity index is 1.49. The number of hydrogen-bond donors (Lipinski definition) is 3. The van der Waals surface area contributed by atoms with Crippen LogP contribution in [0.2, 0.25) is 0 Å². The second-order valence-electron chi connectivity index (χ2n) is 6.88. The predicted molar refractivity (Wildman–Crippen MR) is 116 cm³/mol. The van der Waals surface area contributed by atoms with Crippen molar-refractivity contribution in [2.75, 3.05) is 29.9 Å². The summed E-state index contributed by atoms with van der Waals surface area (Å²) in [6.45, 7) is 1.39. The number of nitrogens with one attached hydrogen (secondary N) is 3. The Kier molecular flexibility index (Phi) is 6.00. The summed E-state index contributed by atoms with van der Waals surface area (Å²) in [6.07, 6.45) is 0.404. The van der Waals surface area contributed by atoms with Crippen molar-refractivity contribution in [3.05, 3.63) is 60.2 Å². The van der Waals surface area contributed by atoms with Crippen molar-refractivity contribution in [3.8, 4) is 0 Å². The summed E-state index contributed by atoms with van der Waals surface area (Å²) in [7, 11) is 0. The van der Waals surface area contributed by atoms with Gasteiger partial charge >= 0.3 is 6.03 Å². The van der Waals surface area contributed by atoms with Gasteiger partial charge in [0, 0.05) is 31.0 Å². The number of aromatic amines is 1. The van der Waals surface area contributed by atoms with E-state index in [1.165, 1.54) is 0 Å². The van der Waals surface area contributed by atoms with Crippen molar-refractivity contribution in [2.45, 2.75) is 12.5 Å². The number of H-pyrrole nitrogens is 1. The highest BCUT2D eigenvalue weighted by Gasteiger charge is 2.25. The molecule has 0 radical (unpaired) electrons. The highest BCUT2D eigenvalue weighted by molar-refractivity contribution is 7.99. The lowest BCUT2D eigenvalue weighted by Gasteiger charge is -2.28. The number of aromatic nitrogens is 2. The van der Waals surface area contributed by atoms with Crippen LogP contribution in [0, 0.1) is 0 Å². The number of para-hydroxylation sites is 2. The maximum absolute atomic E-state index is 13.0. The van der Waals surface area contributed by atoms with Crippen molar-refractivity contribution in [3.63, 3.8) is 0 Å². The summed E-state index contributed by atoms with van der Waals surface area (Å²) in [5, 5.41) is 5.73. The minimum atomic E-state index is -0.701. The molecule has 1 atom stereocenters. The molecule has 4 rings (SSSR count). The standard InChI is InChI=1S/C21H23N5O2S/c27-19(25-20-22-16-8-4-5-9-17(16)23-20)18(14-15-6-2-1-3-7-15)24-21(28)26-10-12-29-13-11-26/h1-9,18H,10-14H2,(H,24,28)(H2,22,23,25,27). The van der Waals surface area contributed by atoms with E-state index in [-0.39, 0.29) is 11.9 Å². The molecule has 3 N–H and O–H groups in total. The summed E-state index contributed by atoms with van der Waals surface area (Å²) in [5.41, 5.74) is 2.60. The Hall–Kier alpha value is -3.00. The fourth-order valence-corrected chi connectivity index (χ4v) is 4.18. The molecule has 8 heteroatoms. The number of fused-ring (bicyclic) bond motifs is 1. The fraction of sp³-hybridized carbons (Fsp3) is 0.286. The Morgan fingerprint density at radius 2 is 1.79 bits per heavy atom. The van der Waals surface area contributed by atoms with Gasteiger partial charge in [0.1, 0.15) is 6.04 Å². The Morgan fingerprint density at radius 3 is 2.55 bits per heavy atom. The lowest BCUT2D eigenvalue weighted by atomic mass is 10.1. The quantitative estimate of drug-likeness (QED) is 0.604. The largest absolute Gasteiger partial charge is 0.326 e. The van der Waals surface area contributed by atoms with Gasteiger partial charge in [0.2, 0.25) is 11.9 Å². The number of hydrogen-bond acceptors (Lipinski definition) is 4. The first kappa shape index (κ1) is 19.3. The highest BCUT2D eigenvalue weighted by Crippen LogP contribution is 2.15. The molecule has 1 fully saturated rings. The number of amides is 3. The summed E-state index contributed by atoms with van der Waals surface area (Å²) in [6, 6.07) is 16.3. The summed E-state index contributed by atoms with van der Waals surface area (Å²) < 4.78 is 0. The van der Waals surface area contributed by atoms with Gasteiger partial charge in [-0.25, -0.2) is 9.78 Å². The van der Waals surface area contributed by atoms with E-state index in [2.05, 4.69) is 20.6 Å². The van der Waals surface area contributed by atoms with Gasteiger partial charge < -0.3 is 15.2 Å². The molecule has 0 aliphatic carbocycles. The van der Waals surface area contributed by atoms with Gasteiger partial charge in [-0.05, 0) is 17.7 Å². The van der Waals surface area contributed by atoms with Crippen LogP contribution in [0.5, 0.6) is 0 Å². The number of urea groups is 1. The number of thioether (sulfide) groups is 1. The van der Waals surface area contributed by atoms with Crippen molar-refractivity contribution < 1.29 is 9.59 Å². The lowest BCUT2D eigenvalue weighted by molar-refractivity contribution is -0.118. The molecule has 3 amide bonds. The third kappa shape index (κ3) is 4.89. The first-order valence-corrected chi connectivity index (χ1v) is 10.8. The molecule has 1 aliphatic heterocycles. The Bertz CT molecular complexity index is 952. The molecule has 2 aromatic carbocycles. The van der Waals surface area contributed by atoms with Crippen molar-refractivity contribution in [2.24, 2.45) is 0 Å². The lowest BCUT2D eigenvalue weighted by Crippen LogP contribution is -2.52. The second-order valence-corrected chi connectivity index (χ2v) is 8.11. The molecule has 1 aliphatic rings. The Labute approximate surface area is 173 Å². The number of imidazole rings is 1. The van der Waals surface area contributed by atoms with Gasteiger partial charge in [-0.3, -0.25) is 10.1 Å². The summed E-state index contributed by atoms with van der Waals surface area (Å²) in [5.74, 6) is 1.91. The maximum atomic E-state index is 13.0. The van der Waals surface area contributed by atoms with Crippen molar-refractivity contribution in [1.82, 2.24) is 20.2 Å². The zero-order valence-electron chi connectivity index (χ0n) is 15.9. The third-order valence-corrected chi connectivity index (χ3v) is 5.77. The first-order chi connectivity index (χ1) is 14.2.